The van der Waals surface area contributed by atoms with E-state index in [-0.39, 0.29) is 5.78 Å². The van der Waals surface area contributed by atoms with E-state index in [1.54, 1.807) is 6.92 Å². The van der Waals surface area contributed by atoms with Crippen LogP contribution in [0.25, 0.3) is 0 Å². The Kier molecular flexibility index (Phi) is 19.0. The topological polar surface area (TPSA) is 110 Å². The van der Waals surface area contributed by atoms with E-state index in [0.29, 0.717) is 13.1 Å². The molecule has 0 aromatic heterocycles. The molecule has 0 saturated heterocycles. The van der Waals surface area contributed by atoms with Crippen molar-refractivity contribution in [2.24, 2.45) is 11.5 Å². The lowest BCUT2D eigenvalue weighted by Crippen LogP contribution is -2.32. The number of carbonyl (C=O) groups is 2. The molecule has 1 rings (SSSR count). The van der Waals surface area contributed by atoms with Gasteiger partial charge in [0, 0.05) is 44.8 Å². The van der Waals surface area contributed by atoms with Gasteiger partial charge in [0.05, 0.1) is 0 Å². The van der Waals surface area contributed by atoms with E-state index in [1.807, 2.05) is 37.1 Å². The minimum atomic E-state index is 0.121. The van der Waals surface area contributed by atoms with E-state index < -0.39 is 0 Å². The predicted molar refractivity (Wildman–Crippen MR) is 87.4 cm³/mol. The van der Waals surface area contributed by atoms with Crippen molar-refractivity contribution in [1.29, 1.82) is 0 Å². The minimum Gasteiger partial charge on any atom is -0.329 e. The normalized spacial score (nSPS) is 8.90. The molecule has 120 valence electrons. The van der Waals surface area contributed by atoms with Crippen molar-refractivity contribution in [1.82, 2.24) is 10.6 Å². The van der Waals surface area contributed by atoms with Gasteiger partial charge in [0.15, 0.2) is 5.78 Å². The van der Waals surface area contributed by atoms with Crippen LogP contribution in [-0.2, 0) is 4.79 Å². The zero-order valence-corrected chi connectivity index (χ0v) is 12.8. The molecule has 21 heavy (non-hydrogen) atoms. The zero-order valence-electron chi connectivity index (χ0n) is 12.8. The highest BCUT2D eigenvalue weighted by atomic mass is 16.1. The van der Waals surface area contributed by atoms with E-state index in [1.165, 1.54) is 0 Å². The van der Waals surface area contributed by atoms with Gasteiger partial charge in [-0.15, -0.1) is 0 Å². The summed E-state index contributed by atoms with van der Waals surface area (Å²) in [7, 11) is 0. The lowest BCUT2D eigenvalue weighted by atomic mass is 10.2. The van der Waals surface area contributed by atoms with Crippen molar-refractivity contribution in [3.63, 3.8) is 0 Å². The Morgan fingerprint density at radius 1 is 0.952 bits per heavy atom. The largest absolute Gasteiger partial charge is 0.329 e. The first-order chi connectivity index (χ1) is 10.2. The lowest BCUT2D eigenvalue weighted by Gasteiger charge is -2.03. The molecule has 0 spiro atoms. The van der Waals surface area contributed by atoms with Crippen molar-refractivity contribution in [3.05, 3.63) is 35.9 Å². The maximum atomic E-state index is 10.6. The van der Waals surface area contributed by atoms with Gasteiger partial charge < -0.3 is 26.9 Å². The second-order valence-electron chi connectivity index (χ2n) is 4.00. The Morgan fingerprint density at radius 2 is 1.38 bits per heavy atom. The average molecular weight is 296 g/mol. The van der Waals surface area contributed by atoms with E-state index in [9.17, 15) is 4.79 Å². The van der Waals surface area contributed by atoms with Crippen molar-refractivity contribution < 1.29 is 9.59 Å². The molecule has 0 unspecified atom stereocenters. The maximum Gasteiger partial charge on any atom is 0.159 e. The molecule has 0 amide bonds. The zero-order chi connectivity index (χ0) is 16.3. The Morgan fingerprint density at radius 3 is 1.67 bits per heavy atom. The highest BCUT2D eigenvalue weighted by molar-refractivity contribution is 5.93. The van der Waals surface area contributed by atoms with Gasteiger partial charge in [0.25, 0.3) is 0 Å². The molecule has 0 aliphatic rings. The molecule has 0 fully saturated rings. The third-order valence-electron chi connectivity index (χ3n) is 2.30. The van der Waals surface area contributed by atoms with E-state index in [2.05, 4.69) is 10.6 Å². The van der Waals surface area contributed by atoms with Crippen molar-refractivity contribution in [2.45, 2.75) is 6.92 Å². The van der Waals surface area contributed by atoms with Gasteiger partial charge >= 0.3 is 0 Å². The molecular formula is C15H28N4O2. The van der Waals surface area contributed by atoms with Crippen LogP contribution in [0, 0.1) is 0 Å². The van der Waals surface area contributed by atoms with Gasteiger partial charge in [-0.05, 0) is 6.92 Å². The van der Waals surface area contributed by atoms with Crippen molar-refractivity contribution in [3.8, 4) is 0 Å². The van der Waals surface area contributed by atoms with Gasteiger partial charge in [-0.2, -0.15) is 0 Å². The smallest absolute Gasteiger partial charge is 0.159 e. The number of benzene rings is 1. The first-order valence-electron chi connectivity index (χ1n) is 6.88. The molecule has 0 atom stereocenters. The van der Waals surface area contributed by atoms with E-state index in [4.69, 9.17) is 16.3 Å². The van der Waals surface area contributed by atoms with Crippen LogP contribution in [0.2, 0.25) is 0 Å². The summed E-state index contributed by atoms with van der Waals surface area (Å²) >= 11 is 0. The third kappa shape index (κ3) is 16.3. The molecule has 0 radical (unpaired) electrons. The Balaban J connectivity index is 0. The number of rotatable bonds is 8. The number of ketones is 1. The lowest BCUT2D eigenvalue weighted by molar-refractivity contribution is -0.0980. The Labute approximate surface area is 127 Å². The third-order valence-corrected chi connectivity index (χ3v) is 2.30. The SMILES string of the molecule is C=O.CC(=O)c1ccccc1.NCCNCCNCCN. The molecule has 0 heterocycles. The molecule has 0 aliphatic heterocycles. The monoisotopic (exact) mass is 296 g/mol. The fourth-order valence-electron chi connectivity index (χ4n) is 1.30. The van der Waals surface area contributed by atoms with E-state index >= 15 is 0 Å². The van der Waals surface area contributed by atoms with Gasteiger partial charge in [0.1, 0.15) is 6.79 Å². The summed E-state index contributed by atoms with van der Waals surface area (Å²) in [6.45, 7) is 8.70. The molecule has 1 aromatic rings. The molecular weight excluding hydrogens is 268 g/mol. The summed E-state index contributed by atoms with van der Waals surface area (Å²) in [6, 6.07) is 9.23. The number of nitrogens with one attached hydrogen (secondary N) is 2. The standard InChI is InChI=1S/C8H8O.C6H18N4.CH2O/c1-7(9)8-5-3-2-4-6-8;7-1-3-9-5-6-10-4-2-8;1-2/h2-6H,1H3;9-10H,1-8H2;1H2. The maximum absolute atomic E-state index is 10.6. The number of carbonyl (C=O) groups excluding carboxylic acids is 2. The predicted octanol–water partition coefficient (Wildman–Crippen LogP) is -0.213. The summed E-state index contributed by atoms with van der Waals surface area (Å²) in [6.07, 6.45) is 0. The summed E-state index contributed by atoms with van der Waals surface area (Å²) in [5.41, 5.74) is 11.3. The average Bonchev–Trinajstić information content (AvgIpc) is 2.54. The Bertz CT molecular complexity index is 326. The molecule has 6 heteroatoms. The summed E-state index contributed by atoms with van der Waals surface area (Å²) in [5.74, 6) is 0.121. The van der Waals surface area contributed by atoms with Crippen molar-refractivity contribution >= 4 is 12.6 Å². The first-order valence-corrected chi connectivity index (χ1v) is 6.88. The summed E-state index contributed by atoms with van der Waals surface area (Å²) < 4.78 is 0. The van der Waals surface area contributed by atoms with Crippen LogP contribution in [0.5, 0.6) is 0 Å². The number of Topliss-reactive ketones (excluding diaryl/α,β-unsaturated/α-hetero) is 1. The molecule has 1 aromatic carbocycles. The highest BCUT2D eigenvalue weighted by Crippen LogP contribution is 1.97. The van der Waals surface area contributed by atoms with Gasteiger partial charge in [-0.25, -0.2) is 0 Å². The first kappa shape index (κ1) is 21.7. The van der Waals surface area contributed by atoms with Gasteiger partial charge in [0.2, 0.25) is 0 Å². The minimum absolute atomic E-state index is 0.121. The van der Waals surface area contributed by atoms with Crippen LogP contribution in [-0.4, -0.2) is 51.8 Å². The quantitative estimate of drug-likeness (QED) is 0.390. The fourth-order valence-corrected chi connectivity index (χ4v) is 1.30. The molecule has 0 saturated carbocycles. The van der Waals surface area contributed by atoms with Crippen LogP contribution < -0.4 is 22.1 Å². The molecule has 6 nitrogen and oxygen atoms in total. The summed E-state index contributed by atoms with van der Waals surface area (Å²) in [4.78, 5) is 18.6. The fraction of sp³-hybridized carbons (Fsp3) is 0.467. The van der Waals surface area contributed by atoms with Crippen molar-refractivity contribution in [2.75, 3.05) is 39.3 Å². The van der Waals surface area contributed by atoms with Gasteiger partial charge in [-0.3, -0.25) is 4.79 Å². The molecule has 0 bridgehead atoms. The number of nitrogens with two attached hydrogens (primary N) is 2. The number of hydrogen-bond donors (Lipinski definition) is 4. The second kappa shape index (κ2) is 18.4. The molecule has 6 N–H and O–H groups in total. The Hall–Kier alpha value is -1.60. The van der Waals surface area contributed by atoms with E-state index in [0.717, 1.165) is 31.7 Å². The second-order valence-corrected chi connectivity index (χ2v) is 4.00. The molecule has 0 aliphatic carbocycles. The van der Waals surface area contributed by atoms with Crippen LogP contribution in [0.4, 0.5) is 0 Å². The van der Waals surface area contributed by atoms with Crippen LogP contribution in [0.3, 0.4) is 0 Å². The van der Waals surface area contributed by atoms with Crippen LogP contribution in [0.15, 0.2) is 30.3 Å². The van der Waals surface area contributed by atoms with Gasteiger partial charge in [-0.1, -0.05) is 30.3 Å². The van der Waals surface area contributed by atoms with Crippen LogP contribution in [0.1, 0.15) is 17.3 Å². The summed E-state index contributed by atoms with van der Waals surface area (Å²) in [5, 5.41) is 6.33. The number of hydrogen-bond acceptors (Lipinski definition) is 6. The highest BCUT2D eigenvalue weighted by Gasteiger charge is 1.92. The van der Waals surface area contributed by atoms with Crippen LogP contribution >= 0.6 is 0 Å².